The third-order valence-electron chi connectivity index (χ3n) is 5.24. The Kier molecular flexibility index (Phi) is 7.29. The minimum Gasteiger partial charge on any atom is -0.473 e. The number of carboxylic acid groups (broad SMARTS) is 2. The molecule has 2 heterocycles. The molecule has 0 saturated carbocycles. The second-order valence-corrected chi connectivity index (χ2v) is 9.40. The molecule has 0 unspecified atom stereocenters. The van der Waals surface area contributed by atoms with Crippen LogP contribution in [0.1, 0.15) is 11.1 Å². The van der Waals surface area contributed by atoms with Crippen molar-refractivity contribution >= 4 is 32.9 Å². The molecule has 0 spiro atoms. The Morgan fingerprint density at radius 3 is 2.12 bits per heavy atom. The number of rotatable bonds is 4. The zero-order valence-electron chi connectivity index (χ0n) is 17.6. The minimum atomic E-state index is -3.40. The number of aryl methyl sites for hydroxylation is 1. The van der Waals surface area contributed by atoms with Crippen LogP contribution in [0, 0.1) is 6.92 Å². The van der Waals surface area contributed by atoms with Crippen molar-refractivity contribution in [3.05, 3.63) is 65.9 Å². The summed E-state index contributed by atoms with van der Waals surface area (Å²) in [6.45, 7) is 5.33. The van der Waals surface area contributed by atoms with E-state index in [0.717, 1.165) is 30.7 Å². The van der Waals surface area contributed by atoms with Crippen molar-refractivity contribution in [2.24, 2.45) is 0 Å². The molecule has 1 fully saturated rings. The number of sulfonamides is 1. The fourth-order valence-electron chi connectivity index (χ4n) is 3.49. The van der Waals surface area contributed by atoms with Crippen molar-refractivity contribution < 1.29 is 28.2 Å². The second-order valence-electron chi connectivity index (χ2n) is 7.46. The molecule has 1 saturated heterocycles. The summed E-state index contributed by atoms with van der Waals surface area (Å²) in [4.78, 5) is 24.2. The van der Waals surface area contributed by atoms with Gasteiger partial charge in [-0.15, -0.1) is 0 Å². The van der Waals surface area contributed by atoms with Crippen molar-refractivity contribution in [1.29, 1.82) is 0 Å². The molecular weight excluding hydrogens is 434 g/mol. The molecule has 0 radical (unpaired) electrons. The highest BCUT2D eigenvalue weighted by Gasteiger charge is 2.28. The van der Waals surface area contributed by atoms with Crippen LogP contribution in [0.3, 0.4) is 0 Å². The summed E-state index contributed by atoms with van der Waals surface area (Å²) in [5.74, 6) is -3.65. The van der Waals surface area contributed by atoms with Crippen LogP contribution in [0.4, 0.5) is 0 Å². The van der Waals surface area contributed by atoms with Gasteiger partial charge >= 0.3 is 11.9 Å². The Balaban J connectivity index is 0.000000427. The lowest BCUT2D eigenvalue weighted by Crippen LogP contribution is -2.48. The first-order valence-corrected chi connectivity index (χ1v) is 11.4. The SMILES string of the molecule is Cc1ccc(S(=O)(=O)N2CCN(Cc3c[nH]c4ccccc34)CC2)cc1.O=C(O)C(=O)O. The highest BCUT2D eigenvalue weighted by atomic mass is 32.2. The van der Waals surface area contributed by atoms with Gasteiger partial charge in [0.15, 0.2) is 0 Å². The van der Waals surface area contributed by atoms with Gasteiger partial charge in [-0.25, -0.2) is 18.0 Å². The number of hydrogen-bond acceptors (Lipinski definition) is 5. The van der Waals surface area contributed by atoms with Crippen LogP contribution in [-0.4, -0.2) is 70.9 Å². The van der Waals surface area contributed by atoms with Crippen molar-refractivity contribution in [2.75, 3.05) is 26.2 Å². The molecule has 1 aromatic heterocycles. The van der Waals surface area contributed by atoms with E-state index >= 15 is 0 Å². The van der Waals surface area contributed by atoms with Gasteiger partial charge in [-0.05, 0) is 30.7 Å². The van der Waals surface area contributed by atoms with Gasteiger partial charge in [-0.2, -0.15) is 4.31 Å². The van der Waals surface area contributed by atoms with Crippen LogP contribution in [0.15, 0.2) is 59.6 Å². The van der Waals surface area contributed by atoms with Gasteiger partial charge in [-0.3, -0.25) is 4.90 Å². The smallest absolute Gasteiger partial charge is 0.414 e. The number of hydrogen-bond donors (Lipinski definition) is 3. The zero-order valence-corrected chi connectivity index (χ0v) is 18.4. The van der Waals surface area contributed by atoms with Gasteiger partial charge in [0.2, 0.25) is 10.0 Å². The molecule has 9 nitrogen and oxygen atoms in total. The molecule has 0 aliphatic carbocycles. The molecule has 3 N–H and O–H groups in total. The number of nitrogens with zero attached hydrogens (tertiary/aromatic N) is 2. The normalized spacial score (nSPS) is 15.2. The Hall–Kier alpha value is -3.21. The number of aromatic nitrogens is 1. The Morgan fingerprint density at radius 1 is 0.938 bits per heavy atom. The number of fused-ring (bicyclic) bond motifs is 1. The van der Waals surface area contributed by atoms with Crippen LogP contribution >= 0.6 is 0 Å². The number of para-hydroxylation sites is 1. The predicted octanol–water partition coefficient (Wildman–Crippen LogP) is 2.14. The summed E-state index contributed by atoms with van der Waals surface area (Å²) in [5.41, 5.74) is 3.46. The fourth-order valence-corrected chi connectivity index (χ4v) is 4.91. The second kappa shape index (κ2) is 9.94. The maximum atomic E-state index is 12.8. The van der Waals surface area contributed by atoms with E-state index in [1.54, 1.807) is 16.4 Å². The standard InChI is InChI=1S/C20H23N3O2S.C2H2O4/c1-16-6-8-18(9-7-16)26(24,25)23-12-10-22(11-13-23)15-17-14-21-20-5-3-2-4-19(17)20;3-1(4)2(5)6/h2-9,14,21H,10-13,15H2,1H3;(H,3,4)(H,5,6). The lowest BCUT2D eigenvalue weighted by molar-refractivity contribution is -0.159. The van der Waals surface area contributed by atoms with E-state index in [2.05, 4.69) is 28.2 Å². The molecule has 2 aromatic carbocycles. The van der Waals surface area contributed by atoms with E-state index in [0.29, 0.717) is 18.0 Å². The van der Waals surface area contributed by atoms with Gasteiger partial charge in [-0.1, -0.05) is 35.9 Å². The molecule has 1 aliphatic heterocycles. The maximum Gasteiger partial charge on any atom is 0.414 e. The molecule has 170 valence electrons. The topological polar surface area (TPSA) is 131 Å². The van der Waals surface area contributed by atoms with Crippen LogP contribution in [0.2, 0.25) is 0 Å². The van der Waals surface area contributed by atoms with E-state index in [9.17, 15) is 8.42 Å². The lowest BCUT2D eigenvalue weighted by Gasteiger charge is -2.33. The van der Waals surface area contributed by atoms with Gasteiger partial charge in [0, 0.05) is 49.8 Å². The fraction of sp³-hybridized carbons (Fsp3) is 0.273. The highest BCUT2D eigenvalue weighted by Crippen LogP contribution is 2.22. The maximum absolute atomic E-state index is 12.8. The molecular formula is C22H25N3O6S. The van der Waals surface area contributed by atoms with E-state index < -0.39 is 22.0 Å². The summed E-state index contributed by atoms with van der Waals surface area (Å²) in [6, 6.07) is 15.4. The zero-order chi connectivity index (χ0) is 23.3. The van der Waals surface area contributed by atoms with Crippen LogP contribution in [-0.2, 0) is 26.2 Å². The minimum absolute atomic E-state index is 0.383. The molecule has 1 aliphatic rings. The van der Waals surface area contributed by atoms with Gasteiger partial charge < -0.3 is 15.2 Å². The summed E-state index contributed by atoms with van der Waals surface area (Å²) in [6.07, 6.45) is 2.06. The summed E-state index contributed by atoms with van der Waals surface area (Å²) in [7, 11) is -3.40. The Bertz CT molecular complexity index is 1180. The number of aromatic amines is 1. The number of H-pyrrole nitrogens is 1. The monoisotopic (exact) mass is 459 g/mol. The number of carbonyl (C=O) groups is 2. The number of piperazine rings is 1. The first-order chi connectivity index (χ1) is 15.2. The van der Waals surface area contributed by atoms with E-state index in [-0.39, 0.29) is 0 Å². The summed E-state index contributed by atoms with van der Waals surface area (Å²) >= 11 is 0. The average Bonchev–Trinajstić information content (AvgIpc) is 3.18. The van der Waals surface area contributed by atoms with Gasteiger partial charge in [0.05, 0.1) is 4.90 Å². The molecule has 0 atom stereocenters. The van der Waals surface area contributed by atoms with Crippen LogP contribution in [0.5, 0.6) is 0 Å². The Morgan fingerprint density at radius 2 is 1.53 bits per heavy atom. The molecule has 4 rings (SSSR count). The van der Waals surface area contributed by atoms with E-state index in [1.165, 1.54) is 10.9 Å². The molecule has 32 heavy (non-hydrogen) atoms. The first-order valence-electron chi connectivity index (χ1n) is 9.99. The largest absolute Gasteiger partial charge is 0.473 e. The summed E-state index contributed by atoms with van der Waals surface area (Å²) in [5, 5.41) is 16.0. The number of aliphatic carboxylic acids is 2. The van der Waals surface area contributed by atoms with Crippen molar-refractivity contribution in [2.45, 2.75) is 18.4 Å². The quantitative estimate of drug-likeness (QED) is 0.510. The van der Waals surface area contributed by atoms with Crippen LogP contribution in [0.25, 0.3) is 10.9 Å². The Labute approximate surface area is 185 Å². The molecule has 0 amide bonds. The predicted molar refractivity (Wildman–Crippen MR) is 119 cm³/mol. The molecule has 10 heteroatoms. The summed E-state index contributed by atoms with van der Waals surface area (Å²) < 4.78 is 27.2. The van der Waals surface area contributed by atoms with E-state index in [1.807, 2.05) is 31.2 Å². The number of benzene rings is 2. The van der Waals surface area contributed by atoms with Crippen molar-refractivity contribution in [1.82, 2.24) is 14.2 Å². The van der Waals surface area contributed by atoms with Gasteiger partial charge in [0.25, 0.3) is 0 Å². The third-order valence-corrected chi connectivity index (χ3v) is 7.15. The van der Waals surface area contributed by atoms with E-state index in [4.69, 9.17) is 19.8 Å². The first kappa shape index (κ1) is 23.5. The highest BCUT2D eigenvalue weighted by molar-refractivity contribution is 7.89. The third kappa shape index (κ3) is 5.52. The van der Waals surface area contributed by atoms with Crippen molar-refractivity contribution in [3.63, 3.8) is 0 Å². The number of nitrogens with one attached hydrogen (secondary N) is 1. The van der Waals surface area contributed by atoms with Crippen LogP contribution < -0.4 is 0 Å². The average molecular weight is 460 g/mol. The number of carboxylic acids is 2. The molecule has 0 bridgehead atoms. The van der Waals surface area contributed by atoms with Crippen molar-refractivity contribution in [3.8, 4) is 0 Å². The van der Waals surface area contributed by atoms with Gasteiger partial charge in [0.1, 0.15) is 0 Å². The lowest BCUT2D eigenvalue weighted by atomic mass is 10.1. The molecule has 3 aromatic rings.